The third-order valence-corrected chi connectivity index (χ3v) is 5.74. The lowest BCUT2D eigenvalue weighted by molar-refractivity contribution is 0.0596. The van der Waals surface area contributed by atoms with Crippen LogP contribution >= 0.6 is 11.3 Å². The minimum absolute atomic E-state index is 0.0228. The van der Waals surface area contributed by atoms with Gasteiger partial charge in [0.05, 0.1) is 12.7 Å². The lowest BCUT2D eigenvalue weighted by atomic mass is 9.94. The number of nitrogens with two attached hydrogens (primary N) is 1. The zero-order valence-electron chi connectivity index (χ0n) is 12.9. The van der Waals surface area contributed by atoms with Gasteiger partial charge in [0.2, 0.25) is 0 Å². The van der Waals surface area contributed by atoms with E-state index in [-0.39, 0.29) is 6.04 Å². The Labute approximate surface area is 134 Å². The molecule has 122 valence electrons. The highest BCUT2D eigenvalue weighted by Crippen LogP contribution is 2.30. The molecule has 3 heterocycles. The second-order valence-corrected chi connectivity index (χ2v) is 7.44. The molecule has 2 aliphatic rings. The molecule has 0 bridgehead atoms. The summed E-state index contributed by atoms with van der Waals surface area (Å²) in [5, 5.41) is 0.696. The SMILES string of the molecule is C[C@@H]1CCCN(C2CCN(c3ncc(C(N)=O)s3)CC2F)C1. The number of hydrogen-bond acceptors (Lipinski definition) is 5. The molecule has 0 aromatic carbocycles. The second kappa shape index (κ2) is 6.50. The van der Waals surface area contributed by atoms with Gasteiger partial charge in [-0.15, -0.1) is 0 Å². The van der Waals surface area contributed by atoms with Gasteiger partial charge in [0.25, 0.3) is 5.91 Å². The molecule has 2 aliphatic heterocycles. The molecule has 0 radical (unpaired) electrons. The number of carbonyl (C=O) groups excluding carboxylic acids is 1. The molecule has 1 aromatic heterocycles. The number of piperidine rings is 2. The fourth-order valence-electron chi connectivity index (χ4n) is 3.53. The molecule has 3 rings (SSSR count). The van der Waals surface area contributed by atoms with Crippen molar-refractivity contribution < 1.29 is 9.18 Å². The van der Waals surface area contributed by atoms with Crippen LogP contribution in [0.2, 0.25) is 0 Å². The first-order chi connectivity index (χ1) is 10.5. The summed E-state index contributed by atoms with van der Waals surface area (Å²) >= 11 is 1.25. The lowest BCUT2D eigenvalue weighted by Gasteiger charge is -2.43. The highest BCUT2D eigenvalue weighted by Gasteiger charge is 2.35. The Morgan fingerprint density at radius 1 is 1.41 bits per heavy atom. The zero-order chi connectivity index (χ0) is 15.7. The minimum Gasteiger partial charge on any atom is -0.365 e. The van der Waals surface area contributed by atoms with E-state index in [1.807, 2.05) is 4.90 Å². The Kier molecular flexibility index (Phi) is 4.63. The van der Waals surface area contributed by atoms with Crippen molar-refractivity contribution in [3.05, 3.63) is 11.1 Å². The van der Waals surface area contributed by atoms with Gasteiger partial charge in [-0.1, -0.05) is 18.3 Å². The number of primary amides is 1. The van der Waals surface area contributed by atoms with Crippen LogP contribution in [0.15, 0.2) is 6.20 Å². The van der Waals surface area contributed by atoms with E-state index in [1.54, 1.807) is 0 Å². The van der Waals surface area contributed by atoms with Crippen molar-refractivity contribution in [3.63, 3.8) is 0 Å². The number of alkyl halides is 1. The van der Waals surface area contributed by atoms with Crippen molar-refractivity contribution in [2.45, 2.75) is 38.4 Å². The molecule has 22 heavy (non-hydrogen) atoms. The number of rotatable bonds is 3. The second-order valence-electron chi connectivity index (χ2n) is 6.43. The number of amides is 1. The van der Waals surface area contributed by atoms with Crippen molar-refractivity contribution in [2.75, 3.05) is 31.1 Å². The molecule has 5 nitrogen and oxygen atoms in total. The summed E-state index contributed by atoms with van der Waals surface area (Å²) in [6.45, 7) is 5.39. The molecule has 1 aromatic rings. The van der Waals surface area contributed by atoms with Crippen LogP contribution < -0.4 is 10.6 Å². The maximum absolute atomic E-state index is 14.7. The van der Waals surface area contributed by atoms with E-state index in [4.69, 9.17) is 5.73 Å². The van der Waals surface area contributed by atoms with Crippen LogP contribution in [0.25, 0.3) is 0 Å². The first-order valence-electron chi connectivity index (χ1n) is 7.93. The Morgan fingerprint density at radius 3 is 2.86 bits per heavy atom. The number of aromatic nitrogens is 1. The normalized spacial score (nSPS) is 30.5. The average molecular weight is 326 g/mol. The predicted octanol–water partition coefficient (Wildman–Crippen LogP) is 1.89. The maximum Gasteiger partial charge on any atom is 0.260 e. The Hall–Kier alpha value is -1.21. The van der Waals surface area contributed by atoms with Crippen LogP contribution in [0.4, 0.5) is 9.52 Å². The minimum atomic E-state index is -0.875. The summed E-state index contributed by atoms with van der Waals surface area (Å²) in [7, 11) is 0. The summed E-state index contributed by atoms with van der Waals surface area (Å²) < 4.78 is 14.7. The summed E-state index contributed by atoms with van der Waals surface area (Å²) in [6, 6.07) is 0.0228. The largest absolute Gasteiger partial charge is 0.365 e. The third kappa shape index (κ3) is 3.25. The fourth-order valence-corrected chi connectivity index (χ4v) is 4.33. The molecule has 0 aliphatic carbocycles. The molecule has 0 saturated carbocycles. The number of halogens is 1. The molecule has 2 fully saturated rings. The molecule has 2 unspecified atom stereocenters. The van der Waals surface area contributed by atoms with E-state index in [1.165, 1.54) is 30.4 Å². The van der Waals surface area contributed by atoms with Crippen molar-refractivity contribution in [3.8, 4) is 0 Å². The lowest BCUT2D eigenvalue weighted by Crippen LogP contribution is -2.54. The number of thiazole rings is 1. The molecule has 3 atom stereocenters. The van der Waals surface area contributed by atoms with Crippen molar-refractivity contribution in [1.29, 1.82) is 0 Å². The summed E-state index contributed by atoms with van der Waals surface area (Å²) in [5.41, 5.74) is 5.25. The van der Waals surface area contributed by atoms with E-state index in [9.17, 15) is 9.18 Å². The van der Waals surface area contributed by atoms with Gasteiger partial charge in [0, 0.05) is 19.1 Å². The smallest absolute Gasteiger partial charge is 0.260 e. The molecule has 0 spiro atoms. The molecular formula is C15H23FN4OS. The third-order valence-electron chi connectivity index (χ3n) is 4.67. The van der Waals surface area contributed by atoms with E-state index in [2.05, 4.69) is 16.8 Å². The predicted molar refractivity (Wildman–Crippen MR) is 86.1 cm³/mol. The van der Waals surface area contributed by atoms with Crippen LogP contribution in [-0.2, 0) is 0 Å². The van der Waals surface area contributed by atoms with Crippen LogP contribution in [0.3, 0.4) is 0 Å². The Balaban J connectivity index is 1.62. The van der Waals surface area contributed by atoms with E-state index < -0.39 is 12.1 Å². The van der Waals surface area contributed by atoms with Crippen molar-refractivity contribution >= 4 is 22.4 Å². The van der Waals surface area contributed by atoms with Gasteiger partial charge in [-0.25, -0.2) is 9.37 Å². The maximum atomic E-state index is 14.7. The molecule has 1 amide bonds. The average Bonchev–Trinajstić information content (AvgIpc) is 2.97. The molecular weight excluding hydrogens is 303 g/mol. The van der Waals surface area contributed by atoms with Crippen molar-refractivity contribution in [1.82, 2.24) is 9.88 Å². The monoisotopic (exact) mass is 326 g/mol. The Morgan fingerprint density at radius 2 is 2.23 bits per heavy atom. The van der Waals surface area contributed by atoms with Crippen LogP contribution in [0.1, 0.15) is 35.9 Å². The van der Waals surface area contributed by atoms with Gasteiger partial charge in [0.15, 0.2) is 5.13 Å². The van der Waals surface area contributed by atoms with Gasteiger partial charge >= 0.3 is 0 Å². The van der Waals surface area contributed by atoms with Gasteiger partial charge in [0.1, 0.15) is 11.0 Å². The van der Waals surface area contributed by atoms with Crippen LogP contribution in [0, 0.1) is 5.92 Å². The topological polar surface area (TPSA) is 62.5 Å². The summed E-state index contributed by atoms with van der Waals surface area (Å²) in [4.78, 5) is 20.0. The number of nitrogens with zero attached hydrogens (tertiary/aromatic N) is 3. The summed E-state index contributed by atoms with van der Waals surface area (Å²) in [6.07, 6.45) is 3.83. The van der Waals surface area contributed by atoms with Crippen LogP contribution in [-0.4, -0.2) is 54.2 Å². The first-order valence-corrected chi connectivity index (χ1v) is 8.75. The number of likely N-dealkylation sites (tertiary alicyclic amines) is 1. The zero-order valence-corrected chi connectivity index (χ0v) is 13.7. The number of hydrogen-bond donors (Lipinski definition) is 1. The standard InChI is InChI=1S/C15H23FN4OS/c1-10-3-2-5-19(8-10)12-4-6-20(9-11(12)16)15-18-7-13(22-15)14(17)21/h7,10-12H,2-6,8-9H2,1H3,(H2,17,21)/t10-,11?,12?/m1/s1. The van der Waals surface area contributed by atoms with Gasteiger partial charge in [-0.05, 0) is 31.7 Å². The molecule has 2 saturated heterocycles. The highest BCUT2D eigenvalue weighted by atomic mass is 32.1. The van der Waals surface area contributed by atoms with Gasteiger partial charge in [-0.3, -0.25) is 9.69 Å². The quantitative estimate of drug-likeness (QED) is 0.921. The van der Waals surface area contributed by atoms with Crippen molar-refractivity contribution in [2.24, 2.45) is 11.7 Å². The number of carbonyl (C=O) groups is 1. The highest BCUT2D eigenvalue weighted by molar-refractivity contribution is 7.17. The Bertz CT molecular complexity index is 537. The summed E-state index contributed by atoms with van der Waals surface area (Å²) in [5.74, 6) is 0.189. The van der Waals surface area contributed by atoms with E-state index in [0.717, 1.165) is 26.1 Å². The molecule has 2 N–H and O–H groups in total. The van der Waals surface area contributed by atoms with E-state index >= 15 is 0 Å². The van der Waals surface area contributed by atoms with Crippen LogP contribution in [0.5, 0.6) is 0 Å². The fraction of sp³-hybridized carbons (Fsp3) is 0.733. The van der Waals surface area contributed by atoms with E-state index in [0.29, 0.717) is 22.5 Å². The van der Waals surface area contributed by atoms with Gasteiger partial charge in [-0.2, -0.15) is 0 Å². The number of anilines is 1. The first kappa shape index (κ1) is 15.7. The van der Waals surface area contributed by atoms with Gasteiger partial charge < -0.3 is 10.6 Å². The molecule has 7 heteroatoms.